The Morgan fingerprint density at radius 2 is 2.24 bits per heavy atom. The van der Waals surface area contributed by atoms with E-state index in [2.05, 4.69) is 23.8 Å². The van der Waals surface area contributed by atoms with Crippen LogP contribution in [0.2, 0.25) is 0 Å². The fraction of sp³-hybridized carbons (Fsp3) is 0.400. The third-order valence-electron chi connectivity index (χ3n) is 4.81. The SMILES string of the molecule is CC(C)CCc1nc2c(o1)CCN(C(=O)c1cccc3cc[nH]c13)C2. The summed E-state index contributed by atoms with van der Waals surface area (Å²) in [6.45, 7) is 5.59. The van der Waals surface area contributed by atoms with E-state index in [9.17, 15) is 4.79 Å². The number of oxazole rings is 1. The molecule has 1 amide bonds. The molecule has 0 spiro atoms. The number of carbonyl (C=O) groups excluding carboxylic acids is 1. The van der Waals surface area contributed by atoms with Crippen LogP contribution in [0.1, 0.15) is 48.0 Å². The third-order valence-corrected chi connectivity index (χ3v) is 4.81. The van der Waals surface area contributed by atoms with E-state index in [0.717, 1.165) is 53.1 Å². The van der Waals surface area contributed by atoms with Crippen molar-refractivity contribution in [3.8, 4) is 0 Å². The van der Waals surface area contributed by atoms with Crippen molar-refractivity contribution in [3.05, 3.63) is 53.4 Å². The summed E-state index contributed by atoms with van der Waals surface area (Å²) in [4.78, 5) is 22.7. The van der Waals surface area contributed by atoms with E-state index in [-0.39, 0.29) is 5.91 Å². The second-order valence-electron chi connectivity index (χ2n) is 7.13. The van der Waals surface area contributed by atoms with Crippen molar-refractivity contribution in [1.29, 1.82) is 0 Å². The summed E-state index contributed by atoms with van der Waals surface area (Å²) in [6, 6.07) is 7.81. The molecule has 1 aromatic carbocycles. The molecule has 0 bridgehead atoms. The molecule has 3 heterocycles. The number of carbonyl (C=O) groups is 1. The van der Waals surface area contributed by atoms with Crippen LogP contribution >= 0.6 is 0 Å². The van der Waals surface area contributed by atoms with Gasteiger partial charge >= 0.3 is 0 Å². The van der Waals surface area contributed by atoms with E-state index in [0.29, 0.717) is 19.0 Å². The maximum absolute atomic E-state index is 13.0. The Hall–Kier alpha value is -2.56. The zero-order chi connectivity index (χ0) is 17.4. The summed E-state index contributed by atoms with van der Waals surface area (Å²) in [6.07, 6.45) is 4.53. The molecule has 5 nitrogen and oxygen atoms in total. The number of nitrogens with zero attached hydrogens (tertiary/aromatic N) is 2. The lowest BCUT2D eigenvalue weighted by molar-refractivity contribution is 0.0729. The van der Waals surface area contributed by atoms with E-state index >= 15 is 0 Å². The molecule has 4 rings (SSSR count). The lowest BCUT2D eigenvalue weighted by Gasteiger charge is -2.25. The second kappa shape index (κ2) is 6.39. The molecule has 0 aliphatic carbocycles. The number of fused-ring (bicyclic) bond motifs is 2. The number of H-pyrrole nitrogens is 1. The lowest BCUT2D eigenvalue weighted by Crippen LogP contribution is -2.35. The molecule has 0 saturated carbocycles. The maximum atomic E-state index is 13.0. The minimum atomic E-state index is 0.0467. The van der Waals surface area contributed by atoms with Gasteiger partial charge in [0.25, 0.3) is 5.91 Å². The molecule has 1 aliphatic rings. The molecule has 0 fully saturated rings. The van der Waals surface area contributed by atoms with Crippen LogP contribution in [0.4, 0.5) is 0 Å². The highest BCUT2D eigenvalue weighted by molar-refractivity contribution is 6.05. The normalized spacial score (nSPS) is 14.3. The number of nitrogens with one attached hydrogen (secondary N) is 1. The van der Waals surface area contributed by atoms with Crippen molar-refractivity contribution in [2.24, 2.45) is 5.92 Å². The van der Waals surface area contributed by atoms with Crippen LogP contribution in [0.25, 0.3) is 10.9 Å². The van der Waals surface area contributed by atoms with Gasteiger partial charge in [-0.1, -0.05) is 26.0 Å². The van der Waals surface area contributed by atoms with Gasteiger partial charge in [0.1, 0.15) is 11.5 Å². The fourth-order valence-electron chi connectivity index (χ4n) is 3.38. The molecule has 0 atom stereocenters. The van der Waals surface area contributed by atoms with Crippen LogP contribution in [0.5, 0.6) is 0 Å². The molecule has 25 heavy (non-hydrogen) atoms. The Labute approximate surface area is 147 Å². The van der Waals surface area contributed by atoms with Crippen molar-refractivity contribution in [2.45, 2.75) is 39.7 Å². The molecule has 0 radical (unpaired) electrons. The van der Waals surface area contributed by atoms with Crippen LogP contribution in [-0.2, 0) is 19.4 Å². The number of benzene rings is 1. The van der Waals surface area contributed by atoms with Gasteiger partial charge in [-0.15, -0.1) is 0 Å². The van der Waals surface area contributed by atoms with E-state index in [1.807, 2.05) is 35.4 Å². The number of hydrogen-bond acceptors (Lipinski definition) is 3. The largest absolute Gasteiger partial charge is 0.445 e. The molecule has 0 unspecified atom stereocenters. The highest BCUT2D eigenvalue weighted by Gasteiger charge is 2.27. The Bertz CT molecular complexity index is 907. The van der Waals surface area contributed by atoms with E-state index in [4.69, 9.17) is 4.42 Å². The van der Waals surface area contributed by atoms with Crippen molar-refractivity contribution in [1.82, 2.24) is 14.9 Å². The van der Waals surface area contributed by atoms with Gasteiger partial charge < -0.3 is 14.3 Å². The zero-order valence-electron chi connectivity index (χ0n) is 14.7. The van der Waals surface area contributed by atoms with Crippen molar-refractivity contribution in [3.63, 3.8) is 0 Å². The maximum Gasteiger partial charge on any atom is 0.256 e. The number of rotatable bonds is 4. The minimum Gasteiger partial charge on any atom is -0.445 e. The third kappa shape index (κ3) is 3.06. The van der Waals surface area contributed by atoms with Crippen LogP contribution in [0.15, 0.2) is 34.9 Å². The highest BCUT2D eigenvalue weighted by atomic mass is 16.4. The van der Waals surface area contributed by atoms with Gasteiger partial charge in [-0.2, -0.15) is 0 Å². The topological polar surface area (TPSA) is 62.1 Å². The number of hydrogen-bond donors (Lipinski definition) is 1. The van der Waals surface area contributed by atoms with Crippen LogP contribution < -0.4 is 0 Å². The summed E-state index contributed by atoms with van der Waals surface area (Å²) in [5.74, 6) is 2.43. The number of para-hydroxylation sites is 1. The van der Waals surface area contributed by atoms with E-state index < -0.39 is 0 Å². The van der Waals surface area contributed by atoms with Crippen LogP contribution in [-0.4, -0.2) is 27.3 Å². The van der Waals surface area contributed by atoms with E-state index in [1.165, 1.54) is 0 Å². The van der Waals surface area contributed by atoms with Gasteiger partial charge in [-0.05, 0) is 24.5 Å². The summed E-state index contributed by atoms with van der Waals surface area (Å²) in [7, 11) is 0. The first-order valence-corrected chi connectivity index (χ1v) is 8.94. The van der Waals surface area contributed by atoms with Crippen molar-refractivity contribution >= 4 is 16.8 Å². The Morgan fingerprint density at radius 3 is 3.08 bits per heavy atom. The van der Waals surface area contributed by atoms with Crippen LogP contribution in [0.3, 0.4) is 0 Å². The summed E-state index contributed by atoms with van der Waals surface area (Å²) < 4.78 is 5.89. The predicted octanol–water partition coefficient (Wildman–Crippen LogP) is 3.94. The summed E-state index contributed by atoms with van der Waals surface area (Å²) >= 11 is 0. The first-order chi connectivity index (χ1) is 12.1. The molecule has 1 aliphatic heterocycles. The number of aryl methyl sites for hydroxylation is 1. The summed E-state index contributed by atoms with van der Waals surface area (Å²) in [5, 5.41) is 1.06. The van der Waals surface area contributed by atoms with Gasteiger partial charge in [0.2, 0.25) is 0 Å². The molecule has 1 N–H and O–H groups in total. The Balaban J connectivity index is 1.54. The van der Waals surface area contributed by atoms with Crippen molar-refractivity contribution in [2.75, 3.05) is 6.54 Å². The van der Waals surface area contributed by atoms with Gasteiger partial charge in [0.15, 0.2) is 5.89 Å². The Kier molecular flexibility index (Phi) is 4.07. The molecule has 2 aromatic heterocycles. The van der Waals surface area contributed by atoms with E-state index in [1.54, 1.807) is 0 Å². The van der Waals surface area contributed by atoms with Gasteiger partial charge in [0.05, 0.1) is 17.6 Å². The minimum absolute atomic E-state index is 0.0467. The number of amides is 1. The van der Waals surface area contributed by atoms with Gasteiger partial charge in [0, 0.05) is 31.0 Å². The highest BCUT2D eigenvalue weighted by Crippen LogP contribution is 2.24. The first kappa shape index (κ1) is 15.9. The molecule has 130 valence electrons. The fourth-order valence-corrected chi connectivity index (χ4v) is 3.38. The molecular formula is C20H23N3O2. The summed E-state index contributed by atoms with van der Waals surface area (Å²) in [5.41, 5.74) is 2.53. The number of aromatic nitrogens is 2. The standard InChI is InChI=1S/C20H23N3O2/c1-13(2)6-7-18-22-16-12-23(11-9-17(16)25-18)20(24)15-5-3-4-14-8-10-21-19(14)15/h3-5,8,10,13,21H,6-7,9,11-12H2,1-2H3. The van der Waals surface area contributed by atoms with Crippen molar-refractivity contribution < 1.29 is 9.21 Å². The van der Waals surface area contributed by atoms with Gasteiger partial charge in [-0.3, -0.25) is 4.79 Å². The quantitative estimate of drug-likeness (QED) is 0.784. The second-order valence-corrected chi connectivity index (χ2v) is 7.13. The molecule has 5 heteroatoms. The predicted molar refractivity (Wildman–Crippen MR) is 96.4 cm³/mol. The van der Waals surface area contributed by atoms with Crippen LogP contribution in [0, 0.1) is 5.92 Å². The average molecular weight is 337 g/mol. The zero-order valence-corrected chi connectivity index (χ0v) is 14.7. The smallest absolute Gasteiger partial charge is 0.256 e. The van der Waals surface area contributed by atoms with Gasteiger partial charge in [-0.25, -0.2) is 4.98 Å². The average Bonchev–Trinajstić information content (AvgIpc) is 3.24. The first-order valence-electron chi connectivity index (χ1n) is 8.94. The Morgan fingerprint density at radius 1 is 1.36 bits per heavy atom. The number of aromatic amines is 1. The lowest BCUT2D eigenvalue weighted by atomic mass is 10.1. The molecule has 0 saturated heterocycles. The molecular weight excluding hydrogens is 314 g/mol. The molecule has 3 aromatic rings. The monoisotopic (exact) mass is 337 g/mol.